The molecule has 0 atom stereocenters. The summed E-state index contributed by atoms with van der Waals surface area (Å²) in [5.41, 5.74) is 7.06. The summed E-state index contributed by atoms with van der Waals surface area (Å²) < 4.78 is 10.3. The molecule has 0 radical (unpaired) electrons. The summed E-state index contributed by atoms with van der Waals surface area (Å²) in [6.07, 6.45) is 12.2. The molecule has 3 heteroatoms. The van der Waals surface area contributed by atoms with E-state index in [1.165, 1.54) is 29.2 Å². The summed E-state index contributed by atoms with van der Waals surface area (Å²) in [6, 6.07) is 2.08. The van der Waals surface area contributed by atoms with Crippen molar-refractivity contribution in [1.82, 2.24) is 0 Å². The molecule has 140 valence electrons. The highest BCUT2D eigenvalue weighted by molar-refractivity contribution is 5.66. The van der Waals surface area contributed by atoms with Crippen LogP contribution in [0.3, 0.4) is 0 Å². The Balaban J connectivity index is 2.83. The summed E-state index contributed by atoms with van der Waals surface area (Å²) in [4.78, 5) is 10.7. The third-order valence-corrected chi connectivity index (χ3v) is 4.25. The Bertz CT molecular complexity index is 762. The SMILES string of the molecule is COc1cc(C)c(C=CC(C)=CC=CC(C)=CCOC(C)=O)c(C)c1C. The maximum Gasteiger partial charge on any atom is 0.302 e. The Morgan fingerprint density at radius 1 is 1.04 bits per heavy atom. The molecule has 0 unspecified atom stereocenters. The lowest BCUT2D eigenvalue weighted by molar-refractivity contribution is -0.139. The van der Waals surface area contributed by atoms with Gasteiger partial charge in [-0.1, -0.05) is 41.5 Å². The van der Waals surface area contributed by atoms with E-state index < -0.39 is 0 Å². The molecule has 0 aromatic heterocycles. The fraction of sp³-hybridized carbons (Fsp3) is 0.348. The first-order valence-electron chi connectivity index (χ1n) is 8.74. The maximum absolute atomic E-state index is 10.7. The second-order valence-corrected chi connectivity index (χ2v) is 6.41. The van der Waals surface area contributed by atoms with Crippen molar-refractivity contribution in [3.8, 4) is 5.75 Å². The normalized spacial score (nSPS) is 12.9. The summed E-state index contributed by atoms with van der Waals surface area (Å²) >= 11 is 0. The van der Waals surface area contributed by atoms with Crippen molar-refractivity contribution < 1.29 is 14.3 Å². The Morgan fingerprint density at radius 3 is 2.35 bits per heavy atom. The largest absolute Gasteiger partial charge is 0.496 e. The second kappa shape index (κ2) is 10.4. The number of allylic oxidation sites excluding steroid dienone is 6. The van der Waals surface area contributed by atoms with Crippen LogP contribution in [0.4, 0.5) is 0 Å². The number of rotatable bonds is 7. The molecule has 0 aliphatic rings. The van der Waals surface area contributed by atoms with E-state index in [-0.39, 0.29) is 5.97 Å². The highest BCUT2D eigenvalue weighted by Crippen LogP contribution is 2.28. The number of hydrogen-bond donors (Lipinski definition) is 0. The van der Waals surface area contributed by atoms with Crippen molar-refractivity contribution >= 4 is 12.0 Å². The van der Waals surface area contributed by atoms with Crippen molar-refractivity contribution in [2.45, 2.75) is 41.5 Å². The van der Waals surface area contributed by atoms with Crippen molar-refractivity contribution in [2.75, 3.05) is 13.7 Å². The minimum Gasteiger partial charge on any atom is -0.496 e. The van der Waals surface area contributed by atoms with Gasteiger partial charge in [-0.05, 0) is 69.0 Å². The van der Waals surface area contributed by atoms with Crippen molar-refractivity contribution in [2.24, 2.45) is 0 Å². The van der Waals surface area contributed by atoms with Gasteiger partial charge in [0, 0.05) is 6.92 Å². The van der Waals surface area contributed by atoms with Gasteiger partial charge >= 0.3 is 5.97 Å². The molecule has 0 heterocycles. The zero-order valence-electron chi connectivity index (χ0n) is 17.0. The van der Waals surface area contributed by atoms with Crippen LogP contribution in [0.1, 0.15) is 43.0 Å². The van der Waals surface area contributed by atoms with Crippen LogP contribution in [-0.2, 0) is 9.53 Å². The molecular formula is C23H30O3. The van der Waals surface area contributed by atoms with E-state index in [9.17, 15) is 4.79 Å². The van der Waals surface area contributed by atoms with Crippen molar-refractivity contribution in [1.29, 1.82) is 0 Å². The lowest BCUT2D eigenvalue weighted by atomic mass is 9.96. The number of ether oxygens (including phenoxy) is 2. The standard InChI is InChI=1S/C23H30O3/c1-16(9-8-10-17(2)13-14-26-21(6)24)11-12-22-18(3)15-23(25-7)20(5)19(22)4/h8-13,15H,14H2,1-7H3. The van der Waals surface area contributed by atoms with Gasteiger partial charge in [-0.25, -0.2) is 0 Å². The number of carbonyl (C=O) groups excluding carboxylic acids is 1. The smallest absolute Gasteiger partial charge is 0.302 e. The first-order valence-corrected chi connectivity index (χ1v) is 8.74. The fourth-order valence-corrected chi connectivity index (χ4v) is 2.51. The monoisotopic (exact) mass is 354 g/mol. The van der Waals surface area contributed by atoms with Gasteiger partial charge in [0.2, 0.25) is 0 Å². The molecule has 0 N–H and O–H groups in total. The molecule has 0 amide bonds. The van der Waals surface area contributed by atoms with Crippen LogP contribution in [0.5, 0.6) is 5.75 Å². The number of aryl methyl sites for hydroxylation is 1. The number of esters is 1. The van der Waals surface area contributed by atoms with Gasteiger partial charge in [-0.3, -0.25) is 4.79 Å². The van der Waals surface area contributed by atoms with Crippen LogP contribution in [0.2, 0.25) is 0 Å². The van der Waals surface area contributed by atoms with Gasteiger partial charge in [0.1, 0.15) is 12.4 Å². The molecule has 1 rings (SSSR count). The lowest BCUT2D eigenvalue weighted by Gasteiger charge is -2.13. The van der Waals surface area contributed by atoms with Crippen LogP contribution in [0.25, 0.3) is 6.08 Å². The van der Waals surface area contributed by atoms with Gasteiger partial charge in [-0.2, -0.15) is 0 Å². The molecule has 1 aromatic carbocycles. The fourth-order valence-electron chi connectivity index (χ4n) is 2.51. The average molecular weight is 354 g/mol. The van der Waals surface area contributed by atoms with Gasteiger partial charge in [0.15, 0.2) is 0 Å². The molecule has 1 aromatic rings. The maximum atomic E-state index is 10.7. The Morgan fingerprint density at radius 2 is 1.73 bits per heavy atom. The zero-order chi connectivity index (χ0) is 19.7. The summed E-state index contributed by atoms with van der Waals surface area (Å²) in [6.45, 7) is 12.1. The first-order chi connectivity index (χ1) is 12.3. The number of methoxy groups -OCH3 is 1. The van der Waals surface area contributed by atoms with E-state index in [1.54, 1.807) is 7.11 Å². The molecule has 0 spiro atoms. The second-order valence-electron chi connectivity index (χ2n) is 6.41. The van der Waals surface area contributed by atoms with E-state index in [0.717, 1.165) is 16.9 Å². The van der Waals surface area contributed by atoms with E-state index in [1.807, 2.05) is 25.2 Å². The van der Waals surface area contributed by atoms with Gasteiger partial charge in [0.05, 0.1) is 7.11 Å². The molecule has 0 saturated carbocycles. The van der Waals surface area contributed by atoms with Crippen LogP contribution < -0.4 is 4.74 Å². The van der Waals surface area contributed by atoms with E-state index >= 15 is 0 Å². The van der Waals surface area contributed by atoms with Gasteiger partial charge in [0.25, 0.3) is 0 Å². The van der Waals surface area contributed by atoms with Crippen LogP contribution in [0, 0.1) is 20.8 Å². The zero-order valence-corrected chi connectivity index (χ0v) is 17.0. The first kappa shape index (κ1) is 21.5. The van der Waals surface area contributed by atoms with Crippen LogP contribution >= 0.6 is 0 Å². The average Bonchev–Trinajstić information content (AvgIpc) is 2.57. The van der Waals surface area contributed by atoms with Crippen molar-refractivity contribution in [3.05, 3.63) is 69.8 Å². The lowest BCUT2D eigenvalue weighted by Crippen LogP contribution is -1.97. The molecule has 0 fully saturated rings. The minimum absolute atomic E-state index is 0.265. The highest BCUT2D eigenvalue weighted by atomic mass is 16.5. The highest BCUT2D eigenvalue weighted by Gasteiger charge is 2.08. The molecule has 3 nitrogen and oxygen atoms in total. The predicted molar refractivity (Wildman–Crippen MR) is 110 cm³/mol. The van der Waals surface area contributed by atoms with E-state index in [2.05, 4.69) is 52.0 Å². The predicted octanol–water partition coefficient (Wildman–Crippen LogP) is 5.65. The summed E-state index contributed by atoms with van der Waals surface area (Å²) in [5.74, 6) is 0.668. The Hall–Kier alpha value is -2.55. The molecule has 0 bridgehead atoms. The van der Waals surface area contributed by atoms with Gasteiger partial charge < -0.3 is 9.47 Å². The summed E-state index contributed by atoms with van der Waals surface area (Å²) in [5, 5.41) is 0. The van der Waals surface area contributed by atoms with E-state index in [4.69, 9.17) is 9.47 Å². The van der Waals surface area contributed by atoms with Crippen molar-refractivity contribution in [3.63, 3.8) is 0 Å². The van der Waals surface area contributed by atoms with Gasteiger partial charge in [-0.15, -0.1) is 0 Å². The van der Waals surface area contributed by atoms with Crippen LogP contribution in [-0.4, -0.2) is 19.7 Å². The Labute approximate surface area is 157 Å². The van der Waals surface area contributed by atoms with Crippen LogP contribution in [0.15, 0.2) is 47.6 Å². The topological polar surface area (TPSA) is 35.5 Å². The van der Waals surface area contributed by atoms with E-state index in [0.29, 0.717) is 6.61 Å². The number of carbonyl (C=O) groups is 1. The number of benzene rings is 1. The quantitative estimate of drug-likeness (QED) is 0.469. The molecular weight excluding hydrogens is 324 g/mol. The molecule has 0 aliphatic carbocycles. The summed E-state index contributed by atoms with van der Waals surface area (Å²) in [7, 11) is 1.71. The third kappa shape index (κ3) is 6.75. The molecule has 0 aliphatic heterocycles. The minimum atomic E-state index is -0.265. The molecule has 0 saturated heterocycles. The third-order valence-electron chi connectivity index (χ3n) is 4.25. The number of hydrogen-bond acceptors (Lipinski definition) is 3. The Kier molecular flexibility index (Phi) is 8.63. The molecule has 26 heavy (non-hydrogen) atoms.